The zero-order valence-corrected chi connectivity index (χ0v) is 8.38. The number of nitrogens with zero attached hydrogens (tertiary/aromatic N) is 4. The van der Waals surface area contributed by atoms with Crippen molar-refractivity contribution < 1.29 is 5.11 Å². The van der Waals surface area contributed by atoms with Gasteiger partial charge in [0.25, 0.3) is 0 Å². The summed E-state index contributed by atoms with van der Waals surface area (Å²) in [5, 5.41) is 15.2. The third kappa shape index (κ3) is 3.84. The Morgan fingerprint density at radius 2 is 2.43 bits per heavy atom. The average molecular weight is 197 g/mol. The Kier molecular flexibility index (Phi) is 6.02. The van der Waals surface area contributed by atoms with E-state index in [0.29, 0.717) is 5.70 Å². The van der Waals surface area contributed by atoms with Gasteiger partial charge in [-0.3, -0.25) is 0 Å². The summed E-state index contributed by atoms with van der Waals surface area (Å²) in [6.07, 6.45) is 3.12. The maximum atomic E-state index is 8.99. The van der Waals surface area contributed by atoms with Crippen molar-refractivity contribution in [1.82, 2.24) is 10.2 Å². The fourth-order valence-electron chi connectivity index (χ4n) is 0.919. The summed E-state index contributed by atoms with van der Waals surface area (Å²) in [4.78, 5) is 4.42. The first-order valence-electron chi connectivity index (χ1n) is 4.06. The molecule has 0 spiro atoms. The average Bonchev–Trinajstić information content (AvgIpc) is 2.16. The molecule has 6 heteroatoms. The highest BCUT2D eigenvalue weighted by atomic mass is 16.3. The molecule has 0 aromatic carbocycles. The molecule has 0 rings (SSSR count). The fraction of sp³-hybridized carbons (Fsp3) is 0.500. The van der Waals surface area contributed by atoms with Crippen LogP contribution in [0.5, 0.6) is 0 Å². The number of hydrogen-bond acceptors (Lipinski definition) is 4. The van der Waals surface area contributed by atoms with Gasteiger partial charge in [0, 0.05) is 30.9 Å². The van der Waals surface area contributed by atoms with Gasteiger partial charge in [-0.2, -0.15) is 0 Å². The van der Waals surface area contributed by atoms with Crippen molar-refractivity contribution >= 4 is 0 Å². The van der Waals surface area contributed by atoms with Gasteiger partial charge < -0.3 is 15.3 Å². The van der Waals surface area contributed by atoms with E-state index in [4.69, 9.17) is 10.6 Å². The topological polar surface area (TPSA) is 84.3 Å². The minimum Gasteiger partial charge on any atom is -0.396 e. The molecule has 0 radical (unpaired) electrons. The second-order valence-electron chi connectivity index (χ2n) is 2.74. The lowest BCUT2D eigenvalue weighted by molar-refractivity contribution is 0.262. The van der Waals surface area contributed by atoms with E-state index in [0.717, 1.165) is 0 Å². The smallest absolute Gasteiger partial charge is 0.102 e. The summed E-state index contributed by atoms with van der Waals surface area (Å²) < 4.78 is 0. The largest absolute Gasteiger partial charge is 0.396 e. The Balaban J connectivity index is 4.76. The van der Waals surface area contributed by atoms with Gasteiger partial charge in [-0.15, -0.1) is 0 Å². The zero-order chi connectivity index (χ0) is 11.0. The van der Waals surface area contributed by atoms with E-state index in [-0.39, 0.29) is 6.61 Å². The number of aliphatic hydroxyl groups is 1. The molecule has 0 amide bonds. The molecular weight excluding hydrogens is 182 g/mol. The predicted octanol–water partition coefficient (Wildman–Crippen LogP) is 0.794. The Bertz CT molecular complexity index is 254. The first-order valence-corrected chi connectivity index (χ1v) is 4.06. The highest BCUT2D eigenvalue weighted by molar-refractivity contribution is 5.09. The van der Waals surface area contributed by atoms with E-state index >= 15 is 0 Å². The molecule has 0 bridgehead atoms. The Morgan fingerprint density at radius 1 is 1.79 bits per heavy atom. The van der Waals surface area contributed by atoms with Crippen LogP contribution in [0.15, 0.2) is 29.8 Å². The monoisotopic (exact) mass is 197 g/mol. The van der Waals surface area contributed by atoms with Crippen molar-refractivity contribution in [2.45, 2.75) is 6.04 Å². The van der Waals surface area contributed by atoms with E-state index in [1.165, 1.54) is 6.20 Å². The lowest BCUT2D eigenvalue weighted by atomic mass is 10.2. The SMILES string of the molecule is C=CN/C=C(/C(CO)N=[N+]=[N-])N(C)C. The van der Waals surface area contributed by atoms with Crippen molar-refractivity contribution in [2.75, 3.05) is 20.7 Å². The number of hydrogen-bond donors (Lipinski definition) is 2. The van der Waals surface area contributed by atoms with Gasteiger partial charge in [0.2, 0.25) is 0 Å². The first kappa shape index (κ1) is 12.3. The van der Waals surface area contributed by atoms with Gasteiger partial charge in [-0.05, 0) is 11.7 Å². The van der Waals surface area contributed by atoms with Crippen molar-refractivity contribution in [3.8, 4) is 0 Å². The molecular formula is C8H15N5O. The summed E-state index contributed by atoms with van der Waals surface area (Å²) in [6.45, 7) is 3.25. The quantitative estimate of drug-likeness (QED) is 0.375. The van der Waals surface area contributed by atoms with E-state index in [2.05, 4.69) is 21.9 Å². The lowest BCUT2D eigenvalue weighted by Gasteiger charge is -2.21. The van der Waals surface area contributed by atoms with Gasteiger partial charge in [0.1, 0.15) is 6.04 Å². The number of nitrogens with one attached hydrogen (secondary N) is 1. The van der Waals surface area contributed by atoms with Gasteiger partial charge >= 0.3 is 0 Å². The van der Waals surface area contributed by atoms with Gasteiger partial charge in [-0.25, -0.2) is 0 Å². The van der Waals surface area contributed by atoms with E-state index in [1.807, 2.05) is 0 Å². The molecule has 78 valence electrons. The van der Waals surface area contributed by atoms with E-state index < -0.39 is 6.04 Å². The maximum absolute atomic E-state index is 8.99. The van der Waals surface area contributed by atoms with Crippen LogP contribution in [0.4, 0.5) is 0 Å². The number of azide groups is 1. The van der Waals surface area contributed by atoms with Gasteiger partial charge in [0.15, 0.2) is 0 Å². The standard InChI is InChI=1S/C8H15N5O/c1-4-10-5-8(13(2)3)7(6-14)11-12-9/h4-5,7,10,14H,1,6H2,2-3H3/b8-5-. The zero-order valence-electron chi connectivity index (χ0n) is 8.38. The lowest BCUT2D eigenvalue weighted by Crippen LogP contribution is -2.26. The summed E-state index contributed by atoms with van der Waals surface area (Å²) in [7, 11) is 3.60. The summed E-state index contributed by atoms with van der Waals surface area (Å²) in [6, 6.07) is -0.581. The predicted molar refractivity (Wildman–Crippen MR) is 55.1 cm³/mol. The molecule has 0 aliphatic heterocycles. The normalized spacial score (nSPS) is 12.6. The second kappa shape index (κ2) is 6.82. The van der Waals surface area contributed by atoms with Crippen molar-refractivity contribution in [3.05, 3.63) is 35.1 Å². The van der Waals surface area contributed by atoms with Crippen LogP contribution in [0, 0.1) is 0 Å². The molecule has 14 heavy (non-hydrogen) atoms. The summed E-state index contributed by atoms with van der Waals surface area (Å²) in [5.74, 6) is 0. The molecule has 0 saturated heterocycles. The molecule has 0 saturated carbocycles. The number of rotatable bonds is 6. The first-order chi connectivity index (χ1) is 6.67. The Morgan fingerprint density at radius 3 is 2.79 bits per heavy atom. The van der Waals surface area contributed by atoms with Gasteiger partial charge in [0.05, 0.1) is 6.61 Å². The van der Waals surface area contributed by atoms with Crippen LogP contribution in [0.3, 0.4) is 0 Å². The molecule has 0 aromatic heterocycles. The fourth-order valence-corrected chi connectivity index (χ4v) is 0.919. The molecule has 1 atom stereocenters. The summed E-state index contributed by atoms with van der Waals surface area (Å²) >= 11 is 0. The molecule has 6 nitrogen and oxygen atoms in total. The highest BCUT2D eigenvalue weighted by Crippen LogP contribution is 2.08. The van der Waals surface area contributed by atoms with Crippen molar-refractivity contribution in [1.29, 1.82) is 0 Å². The van der Waals surface area contributed by atoms with Crippen LogP contribution < -0.4 is 5.32 Å². The van der Waals surface area contributed by atoms with Crippen molar-refractivity contribution in [3.63, 3.8) is 0 Å². The summed E-state index contributed by atoms with van der Waals surface area (Å²) in [5.41, 5.74) is 8.97. The van der Waals surface area contributed by atoms with Crippen LogP contribution in [0.2, 0.25) is 0 Å². The second-order valence-corrected chi connectivity index (χ2v) is 2.74. The third-order valence-electron chi connectivity index (χ3n) is 1.57. The van der Waals surface area contributed by atoms with E-state index in [1.54, 1.807) is 25.2 Å². The Labute approximate surface area is 83.2 Å². The van der Waals surface area contributed by atoms with Crippen molar-refractivity contribution in [2.24, 2.45) is 5.11 Å². The minimum absolute atomic E-state index is 0.229. The third-order valence-corrected chi connectivity index (χ3v) is 1.57. The van der Waals surface area contributed by atoms with E-state index in [9.17, 15) is 0 Å². The molecule has 2 N–H and O–H groups in total. The Hall–Kier alpha value is -1.65. The van der Waals surface area contributed by atoms with Crippen LogP contribution in [-0.2, 0) is 0 Å². The molecule has 0 aromatic rings. The van der Waals surface area contributed by atoms with Crippen LogP contribution >= 0.6 is 0 Å². The molecule has 0 heterocycles. The molecule has 0 fully saturated rings. The minimum atomic E-state index is -0.581. The van der Waals surface area contributed by atoms with Crippen LogP contribution in [-0.4, -0.2) is 36.8 Å². The molecule has 1 unspecified atom stereocenters. The number of likely N-dealkylation sites (N-methyl/N-ethyl adjacent to an activating group) is 1. The highest BCUT2D eigenvalue weighted by Gasteiger charge is 2.12. The maximum Gasteiger partial charge on any atom is 0.102 e. The number of aliphatic hydroxyl groups excluding tert-OH is 1. The molecule has 0 aliphatic carbocycles. The van der Waals surface area contributed by atoms with Gasteiger partial charge in [-0.1, -0.05) is 11.7 Å². The molecule has 0 aliphatic rings. The van der Waals surface area contributed by atoms with Crippen LogP contribution in [0.1, 0.15) is 0 Å². The van der Waals surface area contributed by atoms with Crippen LogP contribution in [0.25, 0.3) is 10.4 Å².